The molecule has 2 heterocycles. The van der Waals surface area contributed by atoms with Gasteiger partial charge in [0.05, 0.1) is 16.8 Å². The van der Waals surface area contributed by atoms with Crippen molar-refractivity contribution in [3.8, 4) is 11.8 Å². The van der Waals surface area contributed by atoms with Crippen LogP contribution in [0.25, 0.3) is 27.2 Å². The Hall–Kier alpha value is -4.41. The monoisotopic (exact) mass is 492 g/mol. The molecular formula is C29H24N4O2S. The van der Waals surface area contributed by atoms with Gasteiger partial charge < -0.3 is 9.30 Å². The SMILES string of the molecule is C[C@@H](COc1ccccc1)Cn1cc(/C=C(\C#N)C(=O)Nc2nc3ccccc3s2)c2ccccc21. The van der Waals surface area contributed by atoms with Gasteiger partial charge in [-0.15, -0.1) is 0 Å². The third kappa shape index (κ3) is 5.14. The minimum absolute atomic E-state index is 0.0256. The number of carbonyl (C=O) groups excluding carboxylic acids is 1. The van der Waals surface area contributed by atoms with Crippen LogP contribution in [0, 0.1) is 17.2 Å². The molecule has 5 rings (SSSR count). The topological polar surface area (TPSA) is 79.9 Å². The largest absolute Gasteiger partial charge is 0.493 e. The molecule has 0 radical (unpaired) electrons. The van der Waals surface area contributed by atoms with Crippen molar-refractivity contribution in [2.75, 3.05) is 11.9 Å². The summed E-state index contributed by atoms with van der Waals surface area (Å²) in [4.78, 5) is 17.3. The van der Waals surface area contributed by atoms with Gasteiger partial charge in [-0.05, 0) is 36.4 Å². The summed E-state index contributed by atoms with van der Waals surface area (Å²) in [6.07, 6.45) is 3.64. The highest BCUT2D eigenvalue weighted by molar-refractivity contribution is 7.22. The molecule has 178 valence electrons. The number of fused-ring (bicyclic) bond motifs is 2. The molecule has 1 atom stereocenters. The molecule has 0 aliphatic rings. The standard InChI is InChI=1S/C29H24N4O2S/c1-20(19-35-23-9-3-2-4-10-23)17-33-18-22(24-11-5-7-13-26(24)33)15-21(16-30)28(34)32-29-31-25-12-6-8-14-27(25)36-29/h2-15,18,20H,17,19H2,1H3,(H,31,32,34)/b21-15+/t20-/m1/s1. The molecule has 0 aliphatic carbocycles. The molecule has 0 aliphatic heterocycles. The first kappa shape index (κ1) is 23.3. The predicted octanol–water partition coefficient (Wildman–Crippen LogP) is 6.51. The maximum absolute atomic E-state index is 12.9. The summed E-state index contributed by atoms with van der Waals surface area (Å²) in [6.45, 7) is 3.45. The number of amides is 1. The number of rotatable bonds is 8. The number of para-hydroxylation sites is 3. The van der Waals surface area contributed by atoms with E-state index in [2.05, 4.69) is 27.9 Å². The molecule has 0 spiro atoms. The molecule has 1 N–H and O–H groups in total. The zero-order valence-corrected chi connectivity index (χ0v) is 20.5. The van der Waals surface area contributed by atoms with E-state index in [1.807, 2.05) is 85.1 Å². The average molecular weight is 493 g/mol. The first-order valence-electron chi connectivity index (χ1n) is 11.6. The molecule has 7 heteroatoms. The van der Waals surface area contributed by atoms with Crippen LogP contribution in [0.3, 0.4) is 0 Å². The first-order chi connectivity index (χ1) is 17.6. The summed E-state index contributed by atoms with van der Waals surface area (Å²) in [5.74, 6) is 0.622. The number of hydrogen-bond acceptors (Lipinski definition) is 5. The second kappa shape index (κ2) is 10.5. The number of ether oxygens (including phenoxy) is 1. The number of anilines is 1. The second-order valence-electron chi connectivity index (χ2n) is 8.59. The molecule has 6 nitrogen and oxygen atoms in total. The Labute approximate surface area is 213 Å². The van der Waals surface area contributed by atoms with Crippen LogP contribution in [-0.4, -0.2) is 22.1 Å². The Bertz CT molecular complexity index is 1560. The Morgan fingerprint density at radius 3 is 2.67 bits per heavy atom. The van der Waals surface area contributed by atoms with E-state index in [-0.39, 0.29) is 11.5 Å². The summed E-state index contributed by atoms with van der Waals surface area (Å²) < 4.78 is 9.05. The number of nitrogens with zero attached hydrogens (tertiary/aromatic N) is 3. The van der Waals surface area contributed by atoms with E-state index in [9.17, 15) is 10.1 Å². The predicted molar refractivity (Wildman–Crippen MR) is 145 cm³/mol. The number of benzene rings is 3. The van der Waals surface area contributed by atoms with Gasteiger partial charge in [-0.3, -0.25) is 10.1 Å². The third-order valence-corrected chi connectivity index (χ3v) is 6.74. The van der Waals surface area contributed by atoms with Gasteiger partial charge in [0, 0.05) is 35.1 Å². The van der Waals surface area contributed by atoms with Gasteiger partial charge in [-0.25, -0.2) is 4.98 Å². The van der Waals surface area contributed by atoms with Crippen LogP contribution < -0.4 is 10.1 Å². The summed E-state index contributed by atoms with van der Waals surface area (Å²) in [5.41, 5.74) is 2.70. The van der Waals surface area contributed by atoms with Crippen LogP contribution in [0.15, 0.2) is 90.6 Å². The van der Waals surface area contributed by atoms with Gasteiger partial charge in [0.1, 0.15) is 17.4 Å². The fourth-order valence-electron chi connectivity index (χ4n) is 4.08. The zero-order chi connectivity index (χ0) is 24.9. The lowest BCUT2D eigenvalue weighted by atomic mass is 10.1. The Balaban J connectivity index is 1.36. The van der Waals surface area contributed by atoms with E-state index >= 15 is 0 Å². The van der Waals surface area contributed by atoms with Crippen molar-refractivity contribution >= 4 is 49.6 Å². The molecule has 0 bridgehead atoms. The van der Waals surface area contributed by atoms with Crippen LogP contribution in [-0.2, 0) is 11.3 Å². The lowest BCUT2D eigenvalue weighted by Crippen LogP contribution is -2.15. The smallest absolute Gasteiger partial charge is 0.268 e. The first-order valence-corrected chi connectivity index (χ1v) is 12.5. The van der Waals surface area contributed by atoms with Gasteiger partial charge in [-0.2, -0.15) is 5.26 Å². The molecule has 0 unspecified atom stereocenters. The molecule has 5 aromatic rings. The summed E-state index contributed by atoms with van der Waals surface area (Å²) in [6, 6.07) is 27.5. The van der Waals surface area contributed by atoms with Crippen molar-refractivity contribution < 1.29 is 9.53 Å². The number of nitriles is 1. The van der Waals surface area contributed by atoms with E-state index in [1.165, 1.54) is 11.3 Å². The molecule has 0 saturated heterocycles. The van der Waals surface area contributed by atoms with Crippen molar-refractivity contribution in [3.63, 3.8) is 0 Å². The molecule has 0 fully saturated rings. The molecular weight excluding hydrogens is 468 g/mol. The van der Waals surface area contributed by atoms with Crippen molar-refractivity contribution in [1.29, 1.82) is 5.26 Å². The Morgan fingerprint density at radius 2 is 1.86 bits per heavy atom. The summed E-state index contributed by atoms with van der Waals surface area (Å²) >= 11 is 1.38. The number of thiazole rings is 1. The molecule has 36 heavy (non-hydrogen) atoms. The average Bonchev–Trinajstić information content (AvgIpc) is 3.47. The Morgan fingerprint density at radius 1 is 1.11 bits per heavy atom. The molecule has 3 aromatic carbocycles. The lowest BCUT2D eigenvalue weighted by Gasteiger charge is -2.15. The van der Waals surface area contributed by atoms with Gasteiger partial charge in [-0.1, -0.05) is 66.8 Å². The van der Waals surface area contributed by atoms with Crippen molar-refractivity contribution in [2.24, 2.45) is 5.92 Å². The fraction of sp³-hybridized carbons (Fsp3) is 0.138. The van der Waals surface area contributed by atoms with E-state index in [0.717, 1.165) is 39.0 Å². The highest BCUT2D eigenvalue weighted by Crippen LogP contribution is 2.27. The molecule has 0 saturated carbocycles. The van der Waals surface area contributed by atoms with Crippen molar-refractivity contribution in [3.05, 3.63) is 96.2 Å². The molecule has 2 aromatic heterocycles. The second-order valence-corrected chi connectivity index (χ2v) is 9.62. The number of nitrogens with one attached hydrogen (secondary N) is 1. The van der Waals surface area contributed by atoms with Crippen molar-refractivity contribution in [1.82, 2.24) is 9.55 Å². The van der Waals surface area contributed by atoms with Crippen LogP contribution in [0.5, 0.6) is 5.75 Å². The third-order valence-electron chi connectivity index (χ3n) is 5.78. The summed E-state index contributed by atoms with van der Waals surface area (Å²) in [7, 11) is 0. The minimum atomic E-state index is -0.474. The van der Waals surface area contributed by atoms with Gasteiger partial charge >= 0.3 is 0 Å². The van der Waals surface area contributed by atoms with Crippen LogP contribution in [0.4, 0.5) is 5.13 Å². The Kier molecular flexibility index (Phi) is 6.78. The normalized spacial score (nSPS) is 12.4. The van der Waals surface area contributed by atoms with Gasteiger partial charge in [0.2, 0.25) is 0 Å². The summed E-state index contributed by atoms with van der Waals surface area (Å²) in [5, 5.41) is 14.0. The number of hydrogen-bond donors (Lipinski definition) is 1. The van der Waals surface area contributed by atoms with Crippen LogP contribution in [0.1, 0.15) is 12.5 Å². The lowest BCUT2D eigenvalue weighted by molar-refractivity contribution is -0.112. The van der Waals surface area contributed by atoms with Crippen LogP contribution >= 0.6 is 11.3 Å². The van der Waals surface area contributed by atoms with Gasteiger partial charge in [0.15, 0.2) is 5.13 Å². The molecule has 1 amide bonds. The van der Waals surface area contributed by atoms with Crippen LogP contribution in [0.2, 0.25) is 0 Å². The van der Waals surface area contributed by atoms with E-state index < -0.39 is 5.91 Å². The number of aromatic nitrogens is 2. The maximum Gasteiger partial charge on any atom is 0.268 e. The van der Waals surface area contributed by atoms with Gasteiger partial charge in [0.25, 0.3) is 5.91 Å². The fourth-order valence-corrected chi connectivity index (χ4v) is 4.94. The zero-order valence-electron chi connectivity index (χ0n) is 19.7. The highest BCUT2D eigenvalue weighted by Gasteiger charge is 2.15. The highest BCUT2D eigenvalue weighted by atomic mass is 32.1. The van der Waals surface area contributed by atoms with E-state index in [4.69, 9.17) is 4.74 Å². The maximum atomic E-state index is 12.9. The van der Waals surface area contributed by atoms with E-state index in [1.54, 1.807) is 6.08 Å². The quantitative estimate of drug-likeness (QED) is 0.198. The van der Waals surface area contributed by atoms with E-state index in [0.29, 0.717) is 11.7 Å². The number of carbonyl (C=O) groups is 1. The minimum Gasteiger partial charge on any atom is -0.493 e. The van der Waals surface area contributed by atoms with Crippen molar-refractivity contribution in [2.45, 2.75) is 13.5 Å².